The maximum atomic E-state index is 11.8. The quantitative estimate of drug-likeness (QED) is 0.747. The SMILES string of the molecule is O=C1C(Br)CCCN1Cc1ccc(Br)s1. The van der Waals surface area contributed by atoms with Gasteiger partial charge in [0.25, 0.3) is 0 Å². The minimum absolute atomic E-state index is 0.0228. The highest BCUT2D eigenvalue weighted by atomic mass is 79.9. The predicted molar refractivity (Wildman–Crippen MR) is 69.4 cm³/mol. The molecule has 5 heteroatoms. The van der Waals surface area contributed by atoms with Gasteiger partial charge in [0, 0.05) is 11.4 Å². The van der Waals surface area contributed by atoms with Crippen LogP contribution in [0.2, 0.25) is 0 Å². The number of carbonyl (C=O) groups is 1. The molecule has 0 radical (unpaired) electrons. The fourth-order valence-electron chi connectivity index (χ4n) is 1.67. The van der Waals surface area contributed by atoms with Crippen LogP contribution in [0.1, 0.15) is 17.7 Å². The molecular weight excluding hydrogens is 342 g/mol. The zero-order chi connectivity index (χ0) is 10.8. The van der Waals surface area contributed by atoms with Crippen molar-refractivity contribution in [2.75, 3.05) is 6.54 Å². The molecular formula is C10H11Br2NOS. The molecule has 0 aromatic carbocycles. The average Bonchev–Trinajstić information content (AvgIpc) is 2.59. The molecule has 1 aliphatic heterocycles. The highest BCUT2D eigenvalue weighted by Crippen LogP contribution is 2.26. The molecule has 1 aromatic rings. The predicted octanol–water partition coefficient (Wildman–Crippen LogP) is 3.40. The van der Waals surface area contributed by atoms with Crippen LogP contribution in [0.4, 0.5) is 0 Å². The minimum atomic E-state index is 0.0228. The van der Waals surface area contributed by atoms with Gasteiger partial charge in [-0.3, -0.25) is 4.79 Å². The second-order valence-corrected chi connectivity index (χ2v) is 7.23. The van der Waals surface area contributed by atoms with Crippen molar-refractivity contribution in [2.24, 2.45) is 0 Å². The second-order valence-electron chi connectivity index (χ2n) is 3.58. The first-order valence-corrected chi connectivity index (χ1v) is 7.36. The normalized spacial score (nSPS) is 22.1. The molecule has 1 atom stereocenters. The number of likely N-dealkylation sites (tertiary alicyclic amines) is 1. The fourth-order valence-corrected chi connectivity index (χ4v) is 3.79. The molecule has 2 rings (SSSR count). The Morgan fingerprint density at radius 1 is 1.53 bits per heavy atom. The highest BCUT2D eigenvalue weighted by molar-refractivity contribution is 9.11. The lowest BCUT2D eigenvalue weighted by atomic mass is 10.1. The van der Waals surface area contributed by atoms with Crippen LogP contribution in [-0.4, -0.2) is 22.2 Å². The molecule has 1 unspecified atom stereocenters. The third kappa shape index (κ3) is 2.82. The van der Waals surface area contributed by atoms with Crippen molar-refractivity contribution in [1.29, 1.82) is 0 Å². The first-order valence-electron chi connectivity index (χ1n) is 4.84. The molecule has 82 valence electrons. The summed E-state index contributed by atoms with van der Waals surface area (Å²) in [4.78, 5) is 15.0. The first kappa shape index (κ1) is 11.6. The Bertz CT molecular complexity index is 366. The van der Waals surface area contributed by atoms with Gasteiger partial charge in [-0.05, 0) is 40.9 Å². The smallest absolute Gasteiger partial charge is 0.236 e. The summed E-state index contributed by atoms with van der Waals surface area (Å²) in [6.45, 7) is 1.63. The molecule has 0 N–H and O–H groups in total. The van der Waals surface area contributed by atoms with E-state index in [9.17, 15) is 4.79 Å². The lowest BCUT2D eigenvalue weighted by Gasteiger charge is -2.29. The van der Waals surface area contributed by atoms with Gasteiger partial charge in [-0.1, -0.05) is 15.9 Å². The van der Waals surface area contributed by atoms with Crippen LogP contribution in [0.15, 0.2) is 15.9 Å². The van der Waals surface area contributed by atoms with Crippen molar-refractivity contribution >= 4 is 49.1 Å². The molecule has 2 nitrogen and oxygen atoms in total. The third-order valence-corrected chi connectivity index (χ3v) is 4.90. The van der Waals surface area contributed by atoms with Gasteiger partial charge in [0.2, 0.25) is 5.91 Å². The van der Waals surface area contributed by atoms with E-state index in [1.54, 1.807) is 11.3 Å². The Hall–Kier alpha value is 0.130. The molecule has 2 heterocycles. The largest absolute Gasteiger partial charge is 0.337 e. The van der Waals surface area contributed by atoms with Crippen molar-refractivity contribution in [2.45, 2.75) is 24.2 Å². The second kappa shape index (κ2) is 4.97. The molecule has 1 fully saturated rings. The molecule has 1 aliphatic rings. The number of hydrogen-bond acceptors (Lipinski definition) is 2. The lowest BCUT2D eigenvalue weighted by molar-refractivity contribution is -0.132. The van der Waals surface area contributed by atoms with Gasteiger partial charge in [0.1, 0.15) is 0 Å². The lowest BCUT2D eigenvalue weighted by Crippen LogP contribution is -2.40. The van der Waals surface area contributed by atoms with Gasteiger partial charge in [-0.15, -0.1) is 11.3 Å². The minimum Gasteiger partial charge on any atom is -0.337 e. The van der Waals surface area contributed by atoms with Crippen LogP contribution < -0.4 is 0 Å². The van der Waals surface area contributed by atoms with Crippen LogP contribution >= 0.6 is 43.2 Å². The van der Waals surface area contributed by atoms with E-state index in [0.717, 1.165) is 29.7 Å². The number of hydrogen-bond donors (Lipinski definition) is 0. The van der Waals surface area contributed by atoms with Gasteiger partial charge < -0.3 is 4.90 Å². The van der Waals surface area contributed by atoms with Crippen LogP contribution in [0.5, 0.6) is 0 Å². The summed E-state index contributed by atoms with van der Waals surface area (Å²) in [6, 6.07) is 4.10. The van der Waals surface area contributed by atoms with Crippen molar-refractivity contribution < 1.29 is 4.79 Å². The molecule has 1 aromatic heterocycles. The van der Waals surface area contributed by atoms with Gasteiger partial charge in [0.05, 0.1) is 15.2 Å². The topological polar surface area (TPSA) is 20.3 Å². The van der Waals surface area contributed by atoms with E-state index in [4.69, 9.17) is 0 Å². The van der Waals surface area contributed by atoms with Gasteiger partial charge in [0.15, 0.2) is 0 Å². The third-order valence-electron chi connectivity index (χ3n) is 2.44. The zero-order valence-corrected chi connectivity index (χ0v) is 12.1. The number of halogens is 2. The summed E-state index contributed by atoms with van der Waals surface area (Å²) in [6.07, 6.45) is 2.05. The summed E-state index contributed by atoms with van der Waals surface area (Å²) >= 11 is 8.54. The Morgan fingerprint density at radius 2 is 2.33 bits per heavy atom. The van der Waals surface area contributed by atoms with Crippen LogP contribution in [0.3, 0.4) is 0 Å². The average molecular weight is 353 g/mol. The fraction of sp³-hybridized carbons (Fsp3) is 0.500. The van der Waals surface area contributed by atoms with E-state index in [1.807, 2.05) is 11.0 Å². The summed E-state index contributed by atoms with van der Waals surface area (Å²) in [5.41, 5.74) is 0. The molecule has 0 bridgehead atoms. The van der Waals surface area contributed by atoms with Crippen molar-refractivity contribution in [1.82, 2.24) is 4.90 Å². The van der Waals surface area contributed by atoms with E-state index in [1.165, 1.54) is 4.88 Å². The number of amides is 1. The van der Waals surface area contributed by atoms with Crippen LogP contribution in [0.25, 0.3) is 0 Å². The molecule has 1 amide bonds. The number of nitrogens with zero attached hydrogens (tertiary/aromatic N) is 1. The van der Waals surface area contributed by atoms with E-state index in [-0.39, 0.29) is 10.7 Å². The molecule has 15 heavy (non-hydrogen) atoms. The van der Waals surface area contributed by atoms with Crippen molar-refractivity contribution in [3.63, 3.8) is 0 Å². The maximum Gasteiger partial charge on any atom is 0.236 e. The molecule has 0 saturated carbocycles. The number of thiophene rings is 1. The first-order chi connectivity index (χ1) is 7.16. The van der Waals surface area contributed by atoms with Crippen molar-refractivity contribution in [3.8, 4) is 0 Å². The molecule has 0 spiro atoms. The Morgan fingerprint density at radius 3 is 3.00 bits per heavy atom. The van der Waals surface area contributed by atoms with E-state index in [2.05, 4.69) is 37.9 Å². The number of alkyl halides is 1. The Balaban J connectivity index is 2.02. The van der Waals surface area contributed by atoms with Crippen molar-refractivity contribution in [3.05, 3.63) is 20.8 Å². The van der Waals surface area contributed by atoms with Gasteiger partial charge in [-0.25, -0.2) is 0 Å². The standard InChI is InChI=1S/C10H11Br2NOS/c11-8-2-1-5-13(10(8)14)6-7-3-4-9(12)15-7/h3-4,8H,1-2,5-6H2. The molecule has 1 saturated heterocycles. The van der Waals surface area contributed by atoms with E-state index in [0.29, 0.717) is 0 Å². The maximum absolute atomic E-state index is 11.8. The van der Waals surface area contributed by atoms with Crippen LogP contribution in [-0.2, 0) is 11.3 Å². The summed E-state index contributed by atoms with van der Waals surface area (Å²) in [7, 11) is 0. The van der Waals surface area contributed by atoms with E-state index >= 15 is 0 Å². The van der Waals surface area contributed by atoms with Gasteiger partial charge >= 0.3 is 0 Å². The summed E-state index contributed by atoms with van der Waals surface area (Å²) in [5.74, 6) is 0.228. The molecule has 0 aliphatic carbocycles. The number of carbonyl (C=O) groups excluding carboxylic acids is 1. The Labute approximate surface area is 110 Å². The van der Waals surface area contributed by atoms with E-state index < -0.39 is 0 Å². The van der Waals surface area contributed by atoms with Gasteiger partial charge in [-0.2, -0.15) is 0 Å². The Kier molecular flexibility index (Phi) is 3.85. The monoisotopic (exact) mass is 351 g/mol. The van der Waals surface area contributed by atoms with Crippen LogP contribution in [0, 0.1) is 0 Å². The number of piperidine rings is 1. The summed E-state index contributed by atoms with van der Waals surface area (Å²) < 4.78 is 1.12. The highest BCUT2D eigenvalue weighted by Gasteiger charge is 2.26. The zero-order valence-electron chi connectivity index (χ0n) is 8.08. The summed E-state index contributed by atoms with van der Waals surface area (Å²) in [5, 5.41) is 0. The number of rotatable bonds is 2.